The molecule has 0 amide bonds. The van der Waals surface area contributed by atoms with Crippen LogP contribution in [0.25, 0.3) is 5.52 Å². The molecule has 7 nitrogen and oxygen atoms in total. The number of nitrogens with zero attached hydrogens (tertiary/aromatic N) is 2. The van der Waals surface area contributed by atoms with E-state index < -0.39 is 17.5 Å². The van der Waals surface area contributed by atoms with E-state index in [1.54, 1.807) is 0 Å². The van der Waals surface area contributed by atoms with Crippen LogP contribution in [0.1, 0.15) is 36.3 Å². The summed E-state index contributed by atoms with van der Waals surface area (Å²) in [5, 5.41) is 12.4. The number of hydrogen-bond acceptors (Lipinski definition) is 5. The number of ether oxygens (including phenoxy) is 1. The average molecular weight is 387 g/mol. The highest BCUT2D eigenvalue weighted by atomic mass is 19.1. The predicted octanol–water partition coefficient (Wildman–Crippen LogP) is 2.48. The molecule has 28 heavy (non-hydrogen) atoms. The van der Waals surface area contributed by atoms with Crippen LogP contribution in [-0.4, -0.2) is 41.3 Å². The van der Waals surface area contributed by atoms with E-state index in [9.17, 15) is 9.59 Å². The maximum absolute atomic E-state index is 15.2. The molecule has 3 fully saturated rings. The maximum atomic E-state index is 15.2. The molecule has 0 radical (unpaired) electrons. The van der Waals surface area contributed by atoms with Crippen molar-refractivity contribution in [2.45, 2.75) is 38.1 Å². The van der Waals surface area contributed by atoms with E-state index in [0.717, 1.165) is 50.0 Å². The first kappa shape index (κ1) is 17.5. The Morgan fingerprint density at radius 3 is 2.79 bits per heavy atom. The summed E-state index contributed by atoms with van der Waals surface area (Å²) in [5.41, 5.74) is 2.14. The van der Waals surface area contributed by atoms with Crippen molar-refractivity contribution in [3.05, 3.63) is 39.6 Å². The number of aromatic nitrogens is 1. The predicted molar refractivity (Wildman–Crippen MR) is 101 cm³/mol. The summed E-state index contributed by atoms with van der Waals surface area (Å²) in [6.45, 7) is 4.41. The van der Waals surface area contributed by atoms with E-state index in [1.165, 1.54) is 16.7 Å². The normalized spacial score (nSPS) is 24.0. The molecular formula is C20H22FN3O4. The molecule has 2 aromatic rings. The number of pyridine rings is 2. The van der Waals surface area contributed by atoms with Crippen molar-refractivity contribution in [2.24, 2.45) is 5.92 Å². The molecule has 0 spiro atoms. The smallest absolute Gasteiger partial charge is 0.449 e. The number of halogens is 1. The van der Waals surface area contributed by atoms with E-state index in [1.807, 2.05) is 6.92 Å². The first-order valence-electron chi connectivity index (χ1n) is 9.71. The van der Waals surface area contributed by atoms with Crippen molar-refractivity contribution < 1.29 is 19.0 Å². The molecule has 2 atom stereocenters. The van der Waals surface area contributed by atoms with Gasteiger partial charge in [0, 0.05) is 19.1 Å². The summed E-state index contributed by atoms with van der Waals surface area (Å²) in [7, 11) is 0. The zero-order valence-electron chi connectivity index (χ0n) is 15.6. The van der Waals surface area contributed by atoms with Crippen LogP contribution in [0, 0.1) is 18.7 Å². The fraction of sp³-hybridized carbons (Fsp3) is 0.500. The summed E-state index contributed by atoms with van der Waals surface area (Å²) in [4.78, 5) is 25.8. The molecule has 8 heteroatoms. The van der Waals surface area contributed by atoms with E-state index in [0.29, 0.717) is 23.2 Å². The second-order valence-corrected chi connectivity index (χ2v) is 8.09. The molecule has 3 aliphatic rings. The van der Waals surface area contributed by atoms with Crippen LogP contribution in [0.4, 0.5) is 14.9 Å². The minimum absolute atomic E-state index is 0.239. The van der Waals surface area contributed by atoms with Gasteiger partial charge in [0.1, 0.15) is 0 Å². The van der Waals surface area contributed by atoms with Gasteiger partial charge in [-0.25, -0.2) is 9.18 Å². The lowest BCUT2D eigenvalue weighted by Gasteiger charge is -2.24. The Kier molecular flexibility index (Phi) is 3.87. The maximum Gasteiger partial charge on any atom is 0.511 e. The van der Waals surface area contributed by atoms with Crippen molar-refractivity contribution in [3.63, 3.8) is 0 Å². The fourth-order valence-corrected chi connectivity index (χ4v) is 4.91. The highest BCUT2D eigenvalue weighted by molar-refractivity contribution is 5.74. The highest BCUT2D eigenvalue weighted by Gasteiger charge is 2.38. The minimum atomic E-state index is -1.55. The number of hydrogen-bond donors (Lipinski definition) is 2. The molecule has 2 aromatic heterocycles. The van der Waals surface area contributed by atoms with Crippen LogP contribution in [0.5, 0.6) is 5.75 Å². The van der Waals surface area contributed by atoms with Gasteiger partial charge in [-0.15, -0.1) is 0 Å². The van der Waals surface area contributed by atoms with Crippen LogP contribution in [0.3, 0.4) is 0 Å². The van der Waals surface area contributed by atoms with Gasteiger partial charge in [0.05, 0.1) is 17.4 Å². The molecule has 2 unspecified atom stereocenters. The molecule has 148 valence electrons. The lowest BCUT2D eigenvalue weighted by Crippen LogP contribution is -2.31. The third-order valence-corrected chi connectivity index (χ3v) is 6.30. The van der Waals surface area contributed by atoms with Gasteiger partial charge in [-0.1, -0.05) is 0 Å². The van der Waals surface area contributed by atoms with Gasteiger partial charge in [0.2, 0.25) is 0 Å². The first-order chi connectivity index (χ1) is 13.4. The van der Waals surface area contributed by atoms with Crippen molar-refractivity contribution >= 4 is 17.4 Å². The number of carboxylic acid groups (broad SMARTS) is 1. The van der Waals surface area contributed by atoms with Gasteiger partial charge in [-0.2, -0.15) is 0 Å². The standard InChI is InChI=1S/C20H22FN3O4/c1-10-17-13(11-2-3-11)6-16(28-20(26)27)19(25)24(17)8-14(21)18(10)23-7-12-4-5-22-15(12)9-23/h6,8,11-12,15,22H,2-5,7,9H2,1H3,(H,26,27). The molecule has 1 aliphatic carbocycles. The van der Waals surface area contributed by atoms with Crippen LogP contribution in [-0.2, 0) is 0 Å². The monoisotopic (exact) mass is 387 g/mol. The van der Waals surface area contributed by atoms with E-state index in [2.05, 4.69) is 15.0 Å². The third-order valence-electron chi connectivity index (χ3n) is 6.30. The van der Waals surface area contributed by atoms with Crippen molar-refractivity contribution in [2.75, 3.05) is 24.5 Å². The summed E-state index contributed by atoms with van der Waals surface area (Å²) in [5.74, 6) is 0.00879. The van der Waals surface area contributed by atoms with Crippen LogP contribution in [0.2, 0.25) is 0 Å². The largest absolute Gasteiger partial charge is 0.511 e. The highest BCUT2D eigenvalue weighted by Crippen LogP contribution is 2.45. The molecule has 0 bridgehead atoms. The minimum Gasteiger partial charge on any atom is -0.449 e. The van der Waals surface area contributed by atoms with Gasteiger partial charge in [0.15, 0.2) is 11.6 Å². The Morgan fingerprint density at radius 1 is 1.32 bits per heavy atom. The average Bonchev–Trinajstić information content (AvgIpc) is 3.26. The summed E-state index contributed by atoms with van der Waals surface area (Å²) < 4.78 is 21.0. The zero-order valence-corrected chi connectivity index (χ0v) is 15.6. The van der Waals surface area contributed by atoms with Crippen molar-refractivity contribution in [3.8, 4) is 5.75 Å². The van der Waals surface area contributed by atoms with Gasteiger partial charge in [-0.3, -0.25) is 9.20 Å². The summed E-state index contributed by atoms with van der Waals surface area (Å²) in [6.07, 6.45) is 2.65. The first-order valence-corrected chi connectivity index (χ1v) is 9.71. The second kappa shape index (κ2) is 6.20. The third kappa shape index (κ3) is 2.66. The molecule has 2 N–H and O–H groups in total. The summed E-state index contributed by atoms with van der Waals surface area (Å²) >= 11 is 0. The van der Waals surface area contributed by atoms with Crippen LogP contribution >= 0.6 is 0 Å². The lowest BCUT2D eigenvalue weighted by atomic mass is 10.0. The lowest BCUT2D eigenvalue weighted by molar-refractivity contribution is 0.143. The Balaban J connectivity index is 1.69. The number of nitrogens with one attached hydrogen (secondary N) is 1. The van der Waals surface area contributed by atoms with Gasteiger partial charge < -0.3 is 20.1 Å². The van der Waals surface area contributed by atoms with E-state index in [4.69, 9.17) is 5.11 Å². The van der Waals surface area contributed by atoms with Gasteiger partial charge in [0.25, 0.3) is 5.56 Å². The molecule has 2 saturated heterocycles. The Morgan fingerprint density at radius 2 is 2.11 bits per heavy atom. The van der Waals surface area contributed by atoms with Gasteiger partial charge in [-0.05, 0) is 61.8 Å². The Hall–Kier alpha value is -2.61. The Bertz CT molecular complexity index is 1030. The zero-order chi connectivity index (χ0) is 19.6. The van der Waals surface area contributed by atoms with Crippen molar-refractivity contribution in [1.29, 1.82) is 0 Å². The molecule has 4 heterocycles. The van der Waals surface area contributed by atoms with E-state index in [-0.39, 0.29) is 11.7 Å². The Labute approximate surface area is 160 Å². The summed E-state index contributed by atoms with van der Waals surface area (Å²) in [6, 6.07) is 1.91. The number of carbonyl (C=O) groups is 1. The molecular weight excluding hydrogens is 365 g/mol. The molecule has 5 rings (SSSR count). The number of aryl methyl sites for hydroxylation is 1. The fourth-order valence-electron chi connectivity index (χ4n) is 4.91. The molecule has 0 aromatic carbocycles. The number of rotatable bonds is 3. The number of fused-ring (bicyclic) bond motifs is 2. The van der Waals surface area contributed by atoms with Crippen LogP contribution < -0.4 is 20.5 Å². The van der Waals surface area contributed by atoms with Crippen LogP contribution in [0.15, 0.2) is 17.1 Å². The SMILES string of the molecule is Cc1c(N2CC3CCNC3C2)c(F)cn2c(=O)c(OC(=O)O)cc(C3CC3)c12. The number of anilines is 1. The topological polar surface area (TPSA) is 83.3 Å². The van der Waals surface area contributed by atoms with Gasteiger partial charge >= 0.3 is 6.16 Å². The van der Waals surface area contributed by atoms with Crippen molar-refractivity contribution in [1.82, 2.24) is 9.72 Å². The molecule has 2 aliphatic heterocycles. The van der Waals surface area contributed by atoms with E-state index >= 15 is 4.39 Å². The second-order valence-electron chi connectivity index (χ2n) is 8.09. The quantitative estimate of drug-likeness (QED) is 0.788. The molecule has 1 saturated carbocycles.